The van der Waals surface area contributed by atoms with E-state index in [0.29, 0.717) is 12.1 Å². The first-order valence-corrected chi connectivity index (χ1v) is 4.83. The molecule has 15 heavy (non-hydrogen) atoms. The number of carboxylic acids is 1. The van der Waals surface area contributed by atoms with Crippen LogP contribution >= 0.6 is 0 Å². The Hall–Kier alpha value is -1.65. The van der Waals surface area contributed by atoms with E-state index < -0.39 is 5.97 Å². The second-order valence-corrected chi connectivity index (χ2v) is 3.59. The highest BCUT2D eigenvalue weighted by atomic mass is 16.4. The van der Waals surface area contributed by atoms with Gasteiger partial charge in [0, 0.05) is 5.92 Å². The Balaban J connectivity index is 3.44. The van der Waals surface area contributed by atoms with Gasteiger partial charge in [-0.3, -0.25) is 4.79 Å². The van der Waals surface area contributed by atoms with Gasteiger partial charge >= 0.3 is 5.97 Å². The van der Waals surface area contributed by atoms with Gasteiger partial charge in [-0.05, 0) is 6.42 Å². The highest BCUT2D eigenvalue weighted by molar-refractivity contribution is 5.86. The van der Waals surface area contributed by atoms with Gasteiger partial charge in [-0.2, -0.15) is 0 Å². The minimum Gasteiger partial charge on any atom is -0.476 e. The summed E-state index contributed by atoms with van der Waals surface area (Å²) in [5, 5.41) is 8.91. The van der Waals surface area contributed by atoms with Crippen molar-refractivity contribution in [2.45, 2.75) is 33.1 Å². The Bertz CT molecular complexity index is 435. The minimum absolute atomic E-state index is 0.0548. The summed E-state index contributed by atoms with van der Waals surface area (Å²) in [5.41, 5.74) is 0.286. The van der Waals surface area contributed by atoms with E-state index in [0.717, 1.165) is 0 Å². The topological polar surface area (TPSA) is 83.0 Å². The number of aryl methyl sites for hydroxylation is 1. The number of carbonyl (C=O) groups is 1. The van der Waals surface area contributed by atoms with Crippen molar-refractivity contribution in [3.63, 3.8) is 0 Å². The predicted octanol–water partition coefficient (Wildman–Crippen LogP) is 1.15. The standard InChI is InChI=1S/C10H14N2O3/c1-4-6-8(10(14)15)12-7(5(2)3)9(13)11-6/h5H,4H2,1-3H3,(H,11,13)(H,14,15). The van der Waals surface area contributed by atoms with Crippen LogP contribution in [0.15, 0.2) is 4.79 Å². The SMILES string of the molecule is CCc1[nH]c(=O)c(C(C)C)nc1C(=O)O. The normalized spacial score (nSPS) is 10.7. The Morgan fingerprint density at radius 3 is 2.53 bits per heavy atom. The first-order chi connectivity index (χ1) is 6.97. The molecule has 1 aromatic rings. The molecule has 1 aromatic heterocycles. The number of hydrogen-bond donors (Lipinski definition) is 2. The smallest absolute Gasteiger partial charge is 0.356 e. The third-order valence-corrected chi connectivity index (χ3v) is 2.12. The number of nitrogens with one attached hydrogen (secondary N) is 1. The number of nitrogens with zero attached hydrogens (tertiary/aromatic N) is 1. The van der Waals surface area contributed by atoms with Crippen molar-refractivity contribution in [3.05, 3.63) is 27.4 Å². The van der Waals surface area contributed by atoms with Crippen molar-refractivity contribution in [1.82, 2.24) is 9.97 Å². The van der Waals surface area contributed by atoms with Crippen LogP contribution < -0.4 is 5.56 Å². The molecule has 0 saturated heterocycles. The van der Waals surface area contributed by atoms with E-state index in [2.05, 4.69) is 9.97 Å². The first kappa shape index (κ1) is 11.4. The van der Waals surface area contributed by atoms with Crippen LogP contribution in [0.1, 0.15) is 48.6 Å². The average molecular weight is 210 g/mol. The number of aromatic amines is 1. The monoisotopic (exact) mass is 210 g/mol. The molecule has 0 aliphatic rings. The van der Waals surface area contributed by atoms with Crippen LogP contribution in [0.4, 0.5) is 0 Å². The molecule has 0 atom stereocenters. The van der Waals surface area contributed by atoms with Crippen LogP contribution in [-0.4, -0.2) is 21.0 Å². The van der Waals surface area contributed by atoms with Crippen molar-refractivity contribution >= 4 is 5.97 Å². The molecule has 5 heteroatoms. The van der Waals surface area contributed by atoms with E-state index in [9.17, 15) is 9.59 Å². The van der Waals surface area contributed by atoms with Crippen molar-refractivity contribution in [2.75, 3.05) is 0 Å². The summed E-state index contributed by atoms with van der Waals surface area (Å²) in [4.78, 5) is 28.8. The maximum absolute atomic E-state index is 11.5. The summed E-state index contributed by atoms with van der Waals surface area (Å²) in [6, 6.07) is 0. The van der Waals surface area contributed by atoms with Gasteiger partial charge in [-0.25, -0.2) is 9.78 Å². The number of carboxylic acid groups (broad SMARTS) is 1. The van der Waals surface area contributed by atoms with Crippen molar-refractivity contribution in [2.24, 2.45) is 0 Å². The Morgan fingerprint density at radius 1 is 1.53 bits per heavy atom. The Kier molecular flexibility index (Phi) is 3.24. The second kappa shape index (κ2) is 4.25. The molecule has 5 nitrogen and oxygen atoms in total. The first-order valence-electron chi connectivity index (χ1n) is 4.83. The van der Waals surface area contributed by atoms with E-state index in [1.54, 1.807) is 20.8 Å². The summed E-state index contributed by atoms with van der Waals surface area (Å²) in [5.74, 6) is -1.19. The lowest BCUT2D eigenvalue weighted by Crippen LogP contribution is -2.22. The van der Waals surface area contributed by atoms with Gasteiger partial charge in [-0.15, -0.1) is 0 Å². The highest BCUT2D eigenvalue weighted by Crippen LogP contribution is 2.09. The maximum Gasteiger partial charge on any atom is 0.356 e. The van der Waals surface area contributed by atoms with E-state index in [-0.39, 0.29) is 22.9 Å². The predicted molar refractivity (Wildman–Crippen MR) is 55.3 cm³/mol. The van der Waals surface area contributed by atoms with Gasteiger partial charge < -0.3 is 10.1 Å². The second-order valence-electron chi connectivity index (χ2n) is 3.59. The van der Waals surface area contributed by atoms with Gasteiger partial charge in [0.05, 0.1) is 5.69 Å². The van der Waals surface area contributed by atoms with E-state index in [1.165, 1.54) is 0 Å². The summed E-state index contributed by atoms with van der Waals surface area (Å²) in [7, 11) is 0. The fraction of sp³-hybridized carbons (Fsp3) is 0.500. The lowest BCUT2D eigenvalue weighted by atomic mass is 10.1. The molecule has 0 spiro atoms. The molecule has 2 N–H and O–H groups in total. The Labute approximate surface area is 87.2 Å². The third kappa shape index (κ3) is 2.23. The van der Waals surface area contributed by atoms with E-state index in [4.69, 9.17) is 5.11 Å². The molecule has 0 bridgehead atoms. The van der Waals surface area contributed by atoms with Crippen molar-refractivity contribution in [1.29, 1.82) is 0 Å². The van der Waals surface area contributed by atoms with Gasteiger partial charge in [0.25, 0.3) is 5.56 Å². The molecular weight excluding hydrogens is 196 g/mol. The van der Waals surface area contributed by atoms with E-state index >= 15 is 0 Å². The zero-order valence-corrected chi connectivity index (χ0v) is 9.00. The van der Waals surface area contributed by atoms with Crippen LogP contribution in [0.25, 0.3) is 0 Å². The number of aromatic carboxylic acids is 1. The molecule has 0 amide bonds. The zero-order chi connectivity index (χ0) is 11.6. The number of H-pyrrole nitrogens is 1. The lowest BCUT2D eigenvalue weighted by molar-refractivity contribution is 0.0688. The fourth-order valence-electron chi connectivity index (χ4n) is 1.32. The zero-order valence-electron chi connectivity index (χ0n) is 9.00. The molecule has 1 heterocycles. The quantitative estimate of drug-likeness (QED) is 0.784. The van der Waals surface area contributed by atoms with Crippen LogP contribution in [-0.2, 0) is 6.42 Å². The summed E-state index contributed by atoms with van der Waals surface area (Å²) >= 11 is 0. The number of rotatable bonds is 3. The van der Waals surface area contributed by atoms with Gasteiger partial charge in [0.2, 0.25) is 0 Å². The largest absolute Gasteiger partial charge is 0.476 e. The molecule has 0 saturated carbocycles. The summed E-state index contributed by atoms with van der Waals surface area (Å²) in [6.07, 6.45) is 0.447. The maximum atomic E-state index is 11.5. The molecule has 0 aliphatic carbocycles. The minimum atomic E-state index is -1.11. The van der Waals surface area contributed by atoms with Crippen molar-refractivity contribution < 1.29 is 9.90 Å². The Morgan fingerprint density at radius 2 is 2.13 bits per heavy atom. The van der Waals surface area contributed by atoms with Gasteiger partial charge in [0.1, 0.15) is 5.69 Å². The van der Waals surface area contributed by atoms with Crippen LogP contribution in [0, 0.1) is 0 Å². The lowest BCUT2D eigenvalue weighted by Gasteiger charge is -2.07. The molecule has 1 rings (SSSR count). The molecule has 82 valence electrons. The molecular formula is C10H14N2O3. The third-order valence-electron chi connectivity index (χ3n) is 2.12. The van der Waals surface area contributed by atoms with Crippen LogP contribution in [0.3, 0.4) is 0 Å². The van der Waals surface area contributed by atoms with E-state index in [1.807, 2.05) is 0 Å². The highest BCUT2D eigenvalue weighted by Gasteiger charge is 2.16. The molecule has 0 aliphatic heterocycles. The summed E-state index contributed by atoms with van der Waals surface area (Å²) < 4.78 is 0. The van der Waals surface area contributed by atoms with Crippen molar-refractivity contribution in [3.8, 4) is 0 Å². The van der Waals surface area contributed by atoms with Gasteiger partial charge in [-0.1, -0.05) is 20.8 Å². The number of aromatic nitrogens is 2. The summed E-state index contributed by atoms with van der Waals surface area (Å²) in [6.45, 7) is 5.37. The fourth-order valence-corrected chi connectivity index (χ4v) is 1.32. The van der Waals surface area contributed by atoms with Gasteiger partial charge in [0.15, 0.2) is 5.69 Å². The van der Waals surface area contributed by atoms with Crippen LogP contribution in [0.5, 0.6) is 0 Å². The average Bonchev–Trinajstić information content (AvgIpc) is 2.16. The number of hydrogen-bond acceptors (Lipinski definition) is 3. The molecule has 0 radical (unpaired) electrons. The molecule has 0 unspecified atom stereocenters. The molecule has 0 aromatic carbocycles. The molecule has 0 fully saturated rings. The van der Waals surface area contributed by atoms with Crippen LogP contribution in [0.2, 0.25) is 0 Å².